The quantitative estimate of drug-likeness (QED) is 0.229. The molecular weight excluding hydrogens is 554 g/mol. The zero-order valence-corrected chi connectivity index (χ0v) is 16.6. The van der Waals surface area contributed by atoms with Crippen LogP contribution in [0.4, 0.5) is 61.5 Å². The van der Waals surface area contributed by atoms with E-state index < -0.39 is 73.4 Å². The fraction of sp³-hybridized carbons (Fsp3) is 0.562. The summed E-state index contributed by atoms with van der Waals surface area (Å²) in [5.41, 5.74) is -0.395. The summed E-state index contributed by atoms with van der Waals surface area (Å²) in [5.74, 6) is -9.86. The molecule has 1 N–H and O–H groups in total. The molecule has 0 heterocycles. The zero-order chi connectivity index (χ0) is 28.4. The van der Waals surface area contributed by atoms with Gasteiger partial charge in [0.1, 0.15) is 12.4 Å². The lowest BCUT2D eigenvalue weighted by Crippen LogP contribution is -2.61. The van der Waals surface area contributed by atoms with Gasteiger partial charge in [0.15, 0.2) is 0 Å². The van der Waals surface area contributed by atoms with Crippen molar-refractivity contribution in [3.8, 4) is 5.75 Å². The minimum atomic E-state index is -7.53. The number of rotatable bonds is 11. The van der Waals surface area contributed by atoms with Crippen LogP contribution in [0.5, 0.6) is 5.75 Å². The Morgan fingerprint density at radius 3 is 1.75 bits per heavy atom. The highest BCUT2D eigenvalue weighted by molar-refractivity contribution is 5.89. The number of alkyl halides is 14. The molecule has 0 saturated heterocycles. The third-order valence-electron chi connectivity index (χ3n) is 3.51. The molecule has 1 rings (SSSR count). The van der Waals surface area contributed by atoms with Crippen molar-refractivity contribution in [1.82, 2.24) is 0 Å². The van der Waals surface area contributed by atoms with Crippen LogP contribution in [-0.2, 0) is 14.2 Å². The molecule has 0 aromatic heterocycles. The molecule has 2 atom stereocenters. The average Bonchev–Trinajstić information content (AvgIpc) is 2.70. The topological polar surface area (TPSA) is 74.2 Å². The van der Waals surface area contributed by atoms with E-state index >= 15 is 0 Å². The first-order valence-corrected chi connectivity index (χ1v) is 8.55. The summed E-state index contributed by atoms with van der Waals surface area (Å²) in [4.78, 5) is 11.5. The van der Waals surface area contributed by atoms with E-state index in [4.69, 9.17) is 5.11 Å². The van der Waals surface area contributed by atoms with Crippen LogP contribution >= 0.6 is 0 Å². The largest absolute Gasteiger partial charge is 0.478 e. The van der Waals surface area contributed by atoms with Gasteiger partial charge in [-0.05, 0) is 24.3 Å². The Morgan fingerprint density at radius 1 is 0.833 bits per heavy atom. The van der Waals surface area contributed by atoms with Gasteiger partial charge in [-0.3, -0.25) is 4.74 Å². The Bertz CT molecular complexity index is 885. The van der Waals surface area contributed by atoms with E-state index in [2.05, 4.69) is 14.2 Å². The van der Waals surface area contributed by atoms with Gasteiger partial charge in [0.25, 0.3) is 0 Å². The molecule has 20 heteroatoms. The third kappa shape index (κ3) is 6.99. The lowest BCUT2D eigenvalue weighted by molar-refractivity contribution is -0.549. The van der Waals surface area contributed by atoms with E-state index in [1.165, 1.54) is 0 Å². The molecule has 0 aliphatic heterocycles. The minimum absolute atomic E-state index is 0.395. The van der Waals surface area contributed by atoms with Crippen LogP contribution < -0.4 is 4.74 Å². The molecule has 1 aromatic rings. The standard InChI is InChI=1S/C16H10F14O6/c17-10(11(18,19)34-8-3-1-7(2-4-8)9(32)33-6-5-31)35-16(30,14(25,26)27)36-15(28,29)12(20,21)13(22,23)24/h1-4,10,31H,5-6H2. The van der Waals surface area contributed by atoms with Crippen LogP contribution in [0.3, 0.4) is 0 Å². The number of halogens is 14. The van der Waals surface area contributed by atoms with Gasteiger partial charge < -0.3 is 14.6 Å². The Hall–Kier alpha value is -2.61. The molecule has 0 saturated carbocycles. The van der Waals surface area contributed by atoms with E-state index in [1.807, 2.05) is 0 Å². The third-order valence-corrected chi connectivity index (χ3v) is 3.51. The van der Waals surface area contributed by atoms with Crippen molar-refractivity contribution in [1.29, 1.82) is 0 Å². The number of hydrogen-bond donors (Lipinski definition) is 1. The van der Waals surface area contributed by atoms with Gasteiger partial charge in [-0.2, -0.15) is 57.1 Å². The molecular formula is C16H10F14O6. The zero-order valence-electron chi connectivity index (χ0n) is 16.6. The van der Waals surface area contributed by atoms with Gasteiger partial charge >= 0.3 is 48.9 Å². The van der Waals surface area contributed by atoms with Gasteiger partial charge in [-0.1, -0.05) is 0 Å². The van der Waals surface area contributed by atoms with Crippen molar-refractivity contribution in [3.05, 3.63) is 29.8 Å². The fourth-order valence-electron chi connectivity index (χ4n) is 1.83. The number of carbonyl (C=O) groups excluding carboxylic acids is 1. The predicted octanol–water partition coefficient (Wildman–Crippen LogP) is 5.11. The van der Waals surface area contributed by atoms with Crippen LogP contribution in [-0.4, -0.2) is 67.2 Å². The van der Waals surface area contributed by atoms with Gasteiger partial charge in [0.05, 0.1) is 12.2 Å². The summed E-state index contributed by atoms with van der Waals surface area (Å²) in [6.07, 6.45) is -32.9. The molecule has 2 unspecified atom stereocenters. The van der Waals surface area contributed by atoms with Crippen molar-refractivity contribution in [3.63, 3.8) is 0 Å². The first-order valence-electron chi connectivity index (χ1n) is 8.55. The van der Waals surface area contributed by atoms with E-state index in [1.54, 1.807) is 4.74 Å². The molecule has 0 aliphatic carbocycles. The van der Waals surface area contributed by atoms with Crippen molar-refractivity contribution in [2.24, 2.45) is 0 Å². The van der Waals surface area contributed by atoms with E-state index in [-0.39, 0.29) is 0 Å². The maximum absolute atomic E-state index is 13.8. The minimum Gasteiger partial charge on any atom is -0.460 e. The van der Waals surface area contributed by atoms with E-state index in [0.717, 1.165) is 0 Å². The lowest BCUT2D eigenvalue weighted by Gasteiger charge is -2.35. The summed E-state index contributed by atoms with van der Waals surface area (Å²) in [6.45, 7) is -1.09. The Balaban J connectivity index is 3.13. The normalized spacial score (nSPS) is 16.3. The maximum Gasteiger partial charge on any atom is 0.478 e. The second-order valence-electron chi connectivity index (χ2n) is 6.21. The fourth-order valence-corrected chi connectivity index (χ4v) is 1.83. The molecule has 1 aromatic carbocycles. The Kier molecular flexibility index (Phi) is 9.08. The first-order chi connectivity index (χ1) is 16.0. The van der Waals surface area contributed by atoms with Crippen molar-refractivity contribution in [2.45, 2.75) is 42.9 Å². The smallest absolute Gasteiger partial charge is 0.460 e. The molecule has 0 aliphatic rings. The second-order valence-corrected chi connectivity index (χ2v) is 6.21. The summed E-state index contributed by atoms with van der Waals surface area (Å²) in [5, 5.41) is 8.49. The number of esters is 1. The number of aliphatic hydroxyl groups excluding tert-OH is 1. The Labute approximate surface area is 189 Å². The van der Waals surface area contributed by atoms with Gasteiger partial charge in [0.2, 0.25) is 0 Å². The molecule has 6 nitrogen and oxygen atoms in total. The number of aliphatic hydroxyl groups is 1. The van der Waals surface area contributed by atoms with Gasteiger partial charge in [0, 0.05) is 0 Å². The van der Waals surface area contributed by atoms with Crippen LogP contribution in [0, 0.1) is 0 Å². The van der Waals surface area contributed by atoms with Gasteiger partial charge in [-0.15, -0.1) is 0 Å². The van der Waals surface area contributed by atoms with Crippen LogP contribution in [0.1, 0.15) is 10.4 Å². The van der Waals surface area contributed by atoms with Crippen molar-refractivity contribution >= 4 is 5.97 Å². The van der Waals surface area contributed by atoms with Gasteiger partial charge in [-0.25, -0.2) is 13.9 Å². The molecule has 0 spiro atoms. The highest BCUT2D eigenvalue weighted by Gasteiger charge is 2.79. The highest BCUT2D eigenvalue weighted by Crippen LogP contribution is 2.52. The van der Waals surface area contributed by atoms with Crippen molar-refractivity contribution < 1.29 is 90.3 Å². The summed E-state index contributed by atoms with van der Waals surface area (Å²) in [6, 6.07) is -4.83. The summed E-state index contributed by atoms with van der Waals surface area (Å²) < 4.78 is 193. The first kappa shape index (κ1) is 31.4. The molecule has 36 heavy (non-hydrogen) atoms. The average molecular weight is 564 g/mol. The number of benzene rings is 1. The molecule has 0 amide bonds. The SMILES string of the molecule is O=C(OCCO)c1ccc(OC(F)(F)C(F)OC(F)(OC(F)(F)C(F)(F)C(F)(F)F)C(F)(F)F)cc1. The monoisotopic (exact) mass is 564 g/mol. The molecule has 0 fully saturated rings. The van der Waals surface area contributed by atoms with Crippen LogP contribution in [0.25, 0.3) is 0 Å². The number of ether oxygens (including phenoxy) is 4. The van der Waals surface area contributed by atoms with Crippen molar-refractivity contribution in [2.75, 3.05) is 13.2 Å². The lowest BCUT2D eigenvalue weighted by atomic mass is 10.2. The molecule has 0 bridgehead atoms. The second kappa shape index (κ2) is 10.4. The van der Waals surface area contributed by atoms with Crippen LogP contribution in [0.15, 0.2) is 24.3 Å². The van der Waals surface area contributed by atoms with E-state index in [0.29, 0.717) is 24.3 Å². The molecule has 0 radical (unpaired) electrons. The summed E-state index contributed by atoms with van der Waals surface area (Å²) >= 11 is 0. The maximum atomic E-state index is 13.8. The number of hydrogen-bond acceptors (Lipinski definition) is 6. The van der Waals surface area contributed by atoms with Crippen LogP contribution in [0.2, 0.25) is 0 Å². The molecule has 208 valence electrons. The van der Waals surface area contributed by atoms with E-state index in [9.17, 15) is 66.3 Å². The highest BCUT2D eigenvalue weighted by atomic mass is 19.4. The Morgan fingerprint density at radius 2 is 1.33 bits per heavy atom. The summed E-state index contributed by atoms with van der Waals surface area (Å²) in [7, 11) is 0. The number of carbonyl (C=O) groups is 1. The predicted molar refractivity (Wildman–Crippen MR) is 82.3 cm³/mol.